The molecule has 0 amide bonds. The molecule has 0 radical (unpaired) electrons. The molecule has 124 valence electrons. The smallest absolute Gasteiger partial charge is 0.122 e. The number of hydrogen-bond acceptors (Lipinski definition) is 2. The van der Waals surface area contributed by atoms with Gasteiger partial charge in [0.05, 0.1) is 0 Å². The zero-order valence-electron chi connectivity index (χ0n) is 15.1. The molecule has 23 heavy (non-hydrogen) atoms. The lowest BCUT2D eigenvalue weighted by atomic mass is 9.81. The van der Waals surface area contributed by atoms with Crippen molar-refractivity contribution in [2.24, 2.45) is 5.92 Å². The minimum absolute atomic E-state index is 0.00722. The Hall–Kier alpha value is -1.96. The van der Waals surface area contributed by atoms with E-state index in [1.807, 2.05) is 52.0 Å². The predicted molar refractivity (Wildman–Crippen MR) is 96.5 cm³/mol. The molecule has 2 aromatic rings. The highest BCUT2D eigenvalue weighted by atomic mass is 16.3. The quantitative estimate of drug-likeness (QED) is 0.781. The van der Waals surface area contributed by atoms with Gasteiger partial charge in [0, 0.05) is 17.0 Å². The molecular weight excluding hydrogens is 284 g/mol. The summed E-state index contributed by atoms with van der Waals surface area (Å²) in [5, 5.41) is 21.2. The zero-order chi connectivity index (χ0) is 17.3. The molecule has 0 spiro atoms. The Morgan fingerprint density at radius 2 is 1.13 bits per heavy atom. The highest BCUT2D eigenvalue weighted by molar-refractivity contribution is 5.53. The summed E-state index contributed by atoms with van der Waals surface area (Å²) < 4.78 is 0. The molecule has 2 N–H and O–H groups in total. The number of benzene rings is 2. The Morgan fingerprint density at radius 1 is 0.739 bits per heavy atom. The fraction of sp³-hybridized carbons (Fsp3) is 0.429. The van der Waals surface area contributed by atoms with Crippen molar-refractivity contribution in [3.63, 3.8) is 0 Å². The molecule has 0 aromatic heterocycles. The van der Waals surface area contributed by atoms with Gasteiger partial charge in [-0.15, -0.1) is 0 Å². The van der Waals surface area contributed by atoms with Crippen molar-refractivity contribution in [2.75, 3.05) is 0 Å². The Labute approximate surface area is 139 Å². The summed E-state index contributed by atoms with van der Waals surface area (Å²) in [6.45, 7) is 12.3. The summed E-state index contributed by atoms with van der Waals surface area (Å²) in [4.78, 5) is 0. The lowest BCUT2D eigenvalue weighted by molar-refractivity contribution is 0.435. The van der Waals surface area contributed by atoms with Gasteiger partial charge in [0.15, 0.2) is 0 Å². The number of aromatic hydroxyl groups is 2. The monoisotopic (exact) mass is 312 g/mol. The van der Waals surface area contributed by atoms with Crippen LogP contribution < -0.4 is 0 Å². The molecule has 2 heteroatoms. The maximum Gasteiger partial charge on any atom is 0.122 e. The summed E-state index contributed by atoms with van der Waals surface area (Å²) in [6, 6.07) is 8.08. The van der Waals surface area contributed by atoms with Crippen LogP contribution in [0.5, 0.6) is 11.5 Å². The van der Waals surface area contributed by atoms with Gasteiger partial charge in [-0.3, -0.25) is 0 Å². The van der Waals surface area contributed by atoms with Crippen molar-refractivity contribution in [3.8, 4) is 11.5 Å². The van der Waals surface area contributed by atoms with Crippen LogP contribution in [-0.2, 0) is 0 Å². The Kier molecular flexibility index (Phi) is 5.03. The van der Waals surface area contributed by atoms with Gasteiger partial charge in [-0.25, -0.2) is 0 Å². The van der Waals surface area contributed by atoms with Crippen LogP contribution in [0.2, 0.25) is 0 Å². The fourth-order valence-electron chi connectivity index (χ4n) is 3.41. The zero-order valence-corrected chi connectivity index (χ0v) is 15.1. The van der Waals surface area contributed by atoms with Crippen LogP contribution in [0.25, 0.3) is 0 Å². The standard InChI is InChI=1S/C21H28O2/c1-12(2)7-17(18-10-13(3)8-15(5)20(18)22)19-11-14(4)9-16(6)21(19)23/h8-12,17,22-23H,7H2,1-6H3. The average Bonchev–Trinajstić information content (AvgIpc) is 2.44. The van der Waals surface area contributed by atoms with Gasteiger partial charge in [-0.1, -0.05) is 49.2 Å². The summed E-state index contributed by atoms with van der Waals surface area (Å²) in [5.74, 6) is 1.15. The van der Waals surface area contributed by atoms with Gasteiger partial charge in [-0.2, -0.15) is 0 Å². The minimum Gasteiger partial charge on any atom is -0.507 e. The highest BCUT2D eigenvalue weighted by Crippen LogP contribution is 2.42. The first-order valence-electron chi connectivity index (χ1n) is 8.31. The number of phenolic OH excluding ortho intramolecular Hbond substituents is 2. The molecule has 0 fully saturated rings. The third kappa shape index (κ3) is 3.69. The summed E-state index contributed by atoms with van der Waals surface area (Å²) in [6.07, 6.45) is 0.882. The van der Waals surface area contributed by atoms with Crippen LogP contribution in [0.1, 0.15) is 59.6 Å². The lowest BCUT2D eigenvalue weighted by Crippen LogP contribution is -2.08. The summed E-state index contributed by atoms with van der Waals surface area (Å²) in [5.41, 5.74) is 5.86. The Bertz CT molecular complexity index is 657. The van der Waals surface area contributed by atoms with Crippen molar-refractivity contribution < 1.29 is 10.2 Å². The van der Waals surface area contributed by atoms with E-state index in [2.05, 4.69) is 13.8 Å². The number of rotatable bonds is 4. The van der Waals surface area contributed by atoms with Crippen molar-refractivity contribution in [1.29, 1.82) is 0 Å². The molecule has 0 atom stereocenters. The SMILES string of the molecule is Cc1cc(C)c(O)c(C(CC(C)C)c2cc(C)cc(C)c2O)c1. The van der Waals surface area contributed by atoms with E-state index < -0.39 is 0 Å². The summed E-state index contributed by atoms with van der Waals surface area (Å²) in [7, 11) is 0. The van der Waals surface area contributed by atoms with E-state index in [-0.39, 0.29) is 5.92 Å². The first-order valence-corrected chi connectivity index (χ1v) is 8.31. The molecular formula is C21H28O2. The molecule has 0 aliphatic carbocycles. The van der Waals surface area contributed by atoms with E-state index in [9.17, 15) is 10.2 Å². The van der Waals surface area contributed by atoms with E-state index in [0.29, 0.717) is 17.4 Å². The van der Waals surface area contributed by atoms with Crippen molar-refractivity contribution in [3.05, 3.63) is 57.6 Å². The number of phenols is 2. The molecule has 0 aliphatic rings. The average molecular weight is 312 g/mol. The molecule has 0 aliphatic heterocycles. The molecule has 0 unspecified atom stereocenters. The van der Waals surface area contributed by atoms with E-state index in [1.165, 1.54) is 0 Å². The van der Waals surface area contributed by atoms with E-state index >= 15 is 0 Å². The topological polar surface area (TPSA) is 40.5 Å². The maximum atomic E-state index is 10.6. The van der Waals surface area contributed by atoms with Crippen LogP contribution in [0.3, 0.4) is 0 Å². The van der Waals surface area contributed by atoms with Gasteiger partial charge in [0.25, 0.3) is 0 Å². The van der Waals surface area contributed by atoms with Crippen molar-refractivity contribution in [1.82, 2.24) is 0 Å². The second-order valence-corrected chi connectivity index (χ2v) is 7.22. The van der Waals surface area contributed by atoms with E-state index in [1.54, 1.807) is 0 Å². The van der Waals surface area contributed by atoms with E-state index in [0.717, 1.165) is 39.8 Å². The first-order chi connectivity index (χ1) is 10.7. The van der Waals surface area contributed by atoms with Gasteiger partial charge < -0.3 is 10.2 Å². The molecule has 2 aromatic carbocycles. The summed E-state index contributed by atoms with van der Waals surface area (Å²) >= 11 is 0. The molecule has 0 saturated heterocycles. The molecule has 0 bridgehead atoms. The third-order valence-corrected chi connectivity index (χ3v) is 4.41. The van der Waals surface area contributed by atoms with Gasteiger partial charge in [0.2, 0.25) is 0 Å². The Balaban J connectivity index is 2.69. The lowest BCUT2D eigenvalue weighted by Gasteiger charge is -2.24. The third-order valence-electron chi connectivity index (χ3n) is 4.41. The van der Waals surface area contributed by atoms with Gasteiger partial charge in [-0.05, 0) is 51.2 Å². The molecule has 0 heterocycles. The first kappa shape index (κ1) is 17.4. The fourth-order valence-corrected chi connectivity index (χ4v) is 3.41. The second-order valence-electron chi connectivity index (χ2n) is 7.22. The highest BCUT2D eigenvalue weighted by Gasteiger charge is 2.24. The molecule has 2 nitrogen and oxygen atoms in total. The van der Waals surface area contributed by atoms with Crippen LogP contribution in [-0.4, -0.2) is 10.2 Å². The van der Waals surface area contributed by atoms with Crippen LogP contribution in [0.15, 0.2) is 24.3 Å². The predicted octanol–water partition coefficient (Wildman–Crippen LogP) is 5.51. The van der Waals surface area contributed by atoms with Gasteiger partial charge >= 0.3 is 0 Å². The maximum absolute atomic E-state index is 10.6. The van der Waals surface area contributed by atoms with Crippen molar-refractivity contribution in [2.45, 2.75) is 53.9 Å². The normalized spacial score (nSPS) is 11.5. The minimum atomic E-state index is -0.00722. The van der Waals surface area contributed by atoms with Crippen LogP contribution in [0, 0.1) is 33.6 Å². The second kappa shape index (κ2) is 6.66. The van der Waals surface area contributed by atoms with Crippen LogP contribution in [0.4, 0.5) is 0 Å². The number of hydrogen-bond donors (Lipinski definition) is 2. The van der Waals surface area contributed by atoms with Gasteiger partial charge in [0.1, 0.15) is 11.5 Å². The molecule has 0 saturated carbocycles. The van der Waals surface area contributed by atoms with Crippen molar-refractivity contribution >= 4 is 0 Å². The largest absolute Gasteiger partial charge is 0.507 e. The van der Waals surface area contributed by atoms with Crippen LogP contribution >= 0.6 is 0 Å². The van der Waals surface area contributed by atoms with E-state index in [4.69, 9.17) is 0 Å². The Morgan fingerprint density at radius 3 is 1.48 bits per heavy atom. The molecule has 2 rings (SSSR count). The number of aryl methyl sites for hydroxylation is 4.